The fourth-order valence-electron chi connectivity index (χ4n) is 2.69. The SMILES string of the molecule is CCCCCOc1ccc(CNCC2CCOC2C)cc1. The van der Waals surface area contributed by atoms with Crippen LogP contribution in [0, 0.1) is 5.92 Å². The molecule has 1 aromatic carbocycles. The van der Waals surface area contributed by atoms with Gasteiger partial charge in [0.2, 0.25) is 0 Å². The van der Waals surface area contributed by atoms with E-state index in [4.69, 9.17) is 9.47 Å². The van der Waals surface area contributed by atoms with Gasteiger partial charge in [-0.3, -0.25) is 0 Å². The Morgan fingerprint density at radius 2 is 2.05 bits per heavy atom. The van der Waals surface area contributed by atoms with Gasteiger partial charge in [-0.15, -0.1) is 0 Å². The van der Waals surface area contributed by atoms with Gasteiger partial charge in [0.1, 0.15) is 5.75 Å². The van der Waals surface area contributed by atoms with Crippen LogP contribution in [0.1, 0.15) is 45.1 Å². The second-order valence-corrected chi connectivity index (χ2v) is 5.96. The van der Waals surface area contributed by atoms with Crippen LogP contribution < -0.4 is 10.1 Å². The summed E-state index contributed by atoms with van der Waals surface area (Å²) in [6, 6.07) is 8.45. The highest BCUT2D eigenvalue weighted by molar-refractivity contribution is 5.27. The lowest BCUT2D eigenvalue weighted by Gasteiger charge is -2.14. The van der Waals surface area contributed by atoms with Gasteiger partial charge in [-0.2, -0.15) is 0 Å². The Balaban J connectivity index is 1.65. The topological polar surface area (TPSA) is 30.5 Å². The van der Waals surface area contributed by atoms with E-state index >= 15 is 0 Å². The standard InChI is InChI=1S/C18H29NO2/c1-3-4-5-11-21-18-8-6-16(7-9-18)13-19-14-17-10-12-20-15(17)2/h6-9,15,17,19H,3-5,10-14H2,1-2H3. The van der Waals surface area contributed by atoms with Crippen molar-refractivity contribution in [2.24, 2.45) is 5.92 Å². The first-order valence-electron chi connectivity index (χ1n) is 8.33. The Hall–Kier alpha value is -1.06. The van der Waals surface area contributed by atoms with Crippen molar-refractivity contribution in [2.75, 3.05) is 19.8 Å². The zero-order chi connectivity index (χ0) is 14.9. The number of ether oxygens (including phenoxy) is 2. The van der Waals surface area contributed by atoms with Crippen molar-refractivity contribution in [3.8, 4) is 5.75 Å². The zero-order valence-electron chi connectivity index (χ0n) is 13.4. The smallest absolute Gasteiger partial charge is 0.119 e. The molecule has 2 unspecified atom stereocenters. The quantitative estimate of drug-likeness (QED) is 0.703. The third-order valence-corrected chi connectivity index (χ3v) is 4.21. The van der Waals surface area contributed by atoms with E-state index in [2.05, 4.69) is 43.4 Å². The normalized spacial score (nSPS) is 21.6. The van der Waals surface area contributed by atoms with Gasteiger partial charge in [-0.05, 0) is 43.4 Å². The van der Waals surface area contributed by atoms with Gasteiger partial charge in [0, 0.05) is 19.7 Å². The van der Waals surface area contributed by atoms with E-state index in [0.29, 0.717) is 12.0 Å². The largest absolute Gasteiger partial charge is 0.494 e. The second-order valence-electron chi connectivity index (χ2n) is 5.96. The fourth-order valence-corrected chi connectivity index (χ4v) is 2.69. The molecule has 21 heavy (non-hydrogen) atoms. The molecule has 0 spiro atoms. The van der Waals surface area contributed by atoms with E-state index in [1.54, 1.807) is 0 Å². The maximum atomic E-state index is 5.73. The average molecular weight is 291 g/mol. The average Bonchev–Trinajstić information content (AvgIpc) is 2.91. The van der Waals surface area contributed by atoms with Crippen LogP contribution in [0.5, 0.6) is 5.75 Å². The summed E-state index contributed by atoms with van der Waals surface area (Å²) in [5, 5.41) is 3.53. The summed E-state index contributed by atoms with van der Waals surface area (Å²) in [4.78, 5) is 0. The van der Waals surface area contributed by atoms with Crippen LogP contribution in [0.2, 0.25) is 0 Å². The molecule has 1 N–H and O–H groups in total. The molecule has 0 aromatic heterocycles. The van der Waals surface area contributed by atoms with Gasteiger partial charge in [-0.25, -0.2) is 0 Å². The predicted molar refractivity (Wildman–Crippen MR) is 86.7 cm³/mol. The minimum atomic E-state index is 0.399. The van der Waals surface area contributed by atoms with Crippen molar-refractivity contribution in [3.05, 3.63) is 29.8 Å². The van der Waals surface area contributed by atoms with E-state index in [9.17, 15) is 0 Å². The molecule has 1 aromatic rings. The summed E-state index contributed by atoms with van der Waals surface area (Å²) in [5.74, 6) is 1.64. The third-order valence-electron chi connectivity index (χ3n) is 4.21. The minimum absolute atomic E-state index is 0.399. The molecule has 2 atom stereocenters. The van der Waals surface area contributed by atoms with Crippen LogP contribution in [0.4, 0.5) is 0 Å². The Labute approximate surface area is 129 Å². The first kappa shape index (κ1) is 16.3. The van der Waals surface area contributed by atoms with Gasteiger partial charge < -0.3 is 14.8 Å². The van der Waals surface area contributed by atoms with Gasteiger partial charge in [0.15, 0.2) is 0 Å². The van der Waals surface area contributed by atoms with Crippen molar-refractivity contribution in [1.82, 2.24) is 5.32 Å². The molecular weight excluding hydrogens is 262 g/mol. The molecule has 2 rings (SSSR count). The highest BCUT2D eigenvalue weighted by Crippen LogP contribution is 2.19. The monoisotopic (exact) mass is 291 g/mol. The molecule has 118 valence electrons. The molecule has 1 aliphatic heterocycles. The van der Waals surface area contributed by atoms with E-state index < -0.39 is 0 Å². The Morgan fingerprint density at radius 3 is 2.71 bits per heavy atom. The van der Waals surface area contributed by atoms with Crippen LogP contribution >= 0.6 is 0 Å². The van der Waals surface area contributed by atoms with Crippen molar-refractivity contribution in [2.45, 2.75) is 52.2 Å². The molecule has 3 nitrogen and oxygen atoms in total. The van der Waals surface area contributed by atoms with Crippen LogP contribution in [-0.2, 0) is 11.3 Å². The lowest BCUT2D eigenvalue weighted by atomic mass is 10.0. The molecule has 0 radical (unpaired) electrons. The van der Waals surface area contributed by atoms with Crippen molar-refractivity contribution < 1.29 is 9.47 Å². The third kappa shape index (κ3) is 5.68. The van der Waals surface area contributed by atoms with E-state index in [1.165, 1.54) is 24.8 Å². The molecule has 0 aliphatic carbocycles. The summed E-state index contributed by atoms with van der Waals surface area (Å²) in [7, 11) is 0. The van der Waals surface area contributed by atoms with Crippen LogP contribution in [0.25, 0.3) is 0 Å². The van der Waals surface area contributed by atoms with Crippen molar-refractivity contribution >= 4 is 0 Å². The zero-order valence-corrected chi connectivity index (χ0v) is 13.4. The molecule has 0 bridgehead atoms. The summed E-state index contributed by atoms with van der Waals surface area (Å²) in [6.45, 7) is 8.07. The first-order chi connectivity index (χ1) is 10.3. The predicted octanol–water partition coefficient (Wildman–Crippen LogP) is 3.77. The van der Waals surface area contributed by atoms with Crippen molar-refractivity contribution in [1.29, 1.82) is 0 Å². The maximum absolute atomic E-state index is 5.73. The number of hydrogen-bond acceptors (Lipinski definition) is 3. The maximum Gasteiger partial charge on any atom is 0.119 e. The van der Waals surface area contributed by atoms with Gasteiger partial charge in [0.25, 0.3) is 0 Å². The van der Waals surface area contributed by atoms with Crippen molar-refractivity contribution in [3.63, 3.8) is 0 Å². The van der Waals surface area contributed by atoms with Crippen LogP contribution in [0.15, 0.2) is 24.3 Å². The summed E-state index contributed by atoms with van der Waals surface area (Å²) in [5.41, 5.74) is 1.31. The highest BCUT2D eigenvalue weighted by atomic mass is 16.5. The molecule has 1 heterocycles. The summed E-state index contributed by atoms with van der Waals surface area (Å²) < 4.78 is 11.3. The first-order valence-corrected chi connectivity index (χ1v) is 8.33. The van der Waals surface area contributed by atoms with Gasteiger partial charge >= 0.3 is 0 Å². The van der Waals surface area contributed by atoms with E-state index in [-0.39, 0.29) is 0 Å². The summed E-state index contributed by atoms with van der Waals surface area (Å²) >= 11 is 0. The Bertz CT molecular complexity index is 391. The van der Waals surface area contributed by atoms with E-state index in [1.807, 2.05) is 0 Å². The number of unbranched alkanes of at least 4 members (excludes halogenated alkanes) is 2. The lowest BCUT2D eigenvalue weighted by Crippen LogP contribution is -2.26. The fraction of sp³-hybridized carbons (Fsp3) is 0.667. The molecular formula is C18H29NO2. The minimum Gasteiger partial charge on any atom is -0.494 e. The highest BCUT2D eigenvalue weighted by Gasteiger charge is 2.23. The van der Waals surface area contributed by atoms with Gasteiger partial charge in [0.05, 0.1) is 12.7 Å². The Morgan fingerprint density at radius 1 is 1.24 bits per heavy atom. The second kappa shape index (κ2) is 9.06. The number of hydrogen-bond donors (Lipinski definition) is 1. The molecule has 1 aliphatic rings. The molecule has 0 saturated carbocycles. The lowest BCUT2D eigenvalue weighted by molar-refractivity contribution is 0.105. The molecule has 3 heteroatoms. The molecule has 0 amide bonds. The van der Waals surface area contributed by atoms with E-state index in [0.717, 1.165) is 38.5 Å². The van der Waals surface area contributed by atoms with Gasteiger partial charge in [-0.1, -0.05) is 31.9 Å². The summed E-state index contributed by atoms with van der Waals surface area (Å²) in [6.07, 6.45) is 5.20. The Kier molecular flexibility index (Phi) is 7.04. The number of benzene rings is 1. The number of rotatable bonds is 9. The molecule has 1 saturated heterocycles. The molecule has 1 fully saturated rings. The van der Waals surface area contributed by atoms with Crippen LogP contribution in [0.3, 0.4) is 0 Å². The van der Waals surface area contributed by atoms with Crippen LogP contribution in [-0.4, -0.2) is 25.9 Å². The number of nitrogens with one attached hydrogen (secondary N) is 1.